The topological polar surface area (TPSA) is 38.5 Å². The van der Waals surface area contributed by atoms with Crippen LogP contribution in [0.3, 0.4) is 0 Å². The summed E-state index contributed by atoms with van der Waals surface area (Å²) in [6.07, 6.45) is 0. The lowest BCUT2D eigenvalue weighted by atomic mass is 9.77. The highest BCUT2D eigenvalue weighted by molar-refractivity contribution is 9.10. The lowest BCUT2D eigenvalue weighted by Crippen LogP contribution is -2.66. The Bertz CT molecular complexity index is 396. The molecule has 0 saturated carbocycles. The minimum absolute atomic E-state index is 0.444. The second kappa shape index (κ2) is 3.12. The molecule has 0 amide bonds. The Labute approximate surface area is 97.3 Å². The highest BCUT2D eigenvalue weighted by Crippen LogP contribution is 2.42. The van der Waals surface area contributed by atoms with Crippen molar-refractivity contribution < 1.29 is 4.74 Å². The zero-order chi connectivity index (χ0) is 10.5. The van der Waals surface area contributed by atoms with Gasteiger partial charge in [0.2, 0.25) is 0 Å². The quantitative estimate of drug-likeness (QED) is 0.791. The van der Waals surface area contributed by atoms with Gasteiger partial charge in [-0.05, 0) is 18.2 Å². The van der Waals surface area contributed by atoms with E-state index >= 15 is 0 Å². The third-order valence-electron chi connectivity index (χ3n) is 3.20. The SMILES string of the molecule is Nc1cc(Br)ccc1N1CC2(COC2)C1. The van der Waals surface area contributed by atoms with Crippen molar-refractivity contribution in [3.63, 3.8) is 0 Å². The predicted molar refractivity (Wildman–Crippen MR) is 64.0 cm³/mol. The van der Waals surface area contributed by atoms with Gasteiger partial charge in [-0.15, -0.1) is 0 Å². The monoisotopic (exact) mass is 268 g/mol. The molecule has 2 fully saturated rings. The van der Waals surface area contributed by atoms with Crippen molar-refractivity contribution >= 4 is 27.3 Å². The van der Waals surface area contributed by atoms with Crippen LogP contribution in [0, 0.1) is 5.41 Å². The van der Waals surface area contributed by atoms with Crippen LogP contribution in [-0.2, 0) is 4.74 Å². The normalized spacial score (nSPS) is 22.3. The molecule has 1 spiro atoms. The zero-order valence-electron chi connectivity index (χ0n) is 8.37. The fourth-order valence-electron chi connectivity index (χ4n) is 2.32. The Balaban J connectivity index is 1.77. The van der Waals surface area contributed by atoms with Gasteiger partial charge in [0.05, 0.1) is 30.0 Å². The molecule has 2 heterocycles. The van der Waals surface area contributed by atoms with Crippen LogP contribution in [0.1, 0.15) is 0 Å². The largest absolute Gasteiger partial charge is 0.397 e. The van der Waals surface area contributed by atoms with Crippen LogP contribution in [0.5, 0.6) is 0 Å². The second-order valence-corrected chi connectivity index (χ2v) is 5.47. The van der Waals surface area contributed by atoms with Gasteiger partial charge < -0.3 is 15.4 Å². The van der Waals surface area contributed by atoms with Gasteiger partial charge in [0, 0.05) is 17.6 Å². The third kappa shape index (κ3) is 1.43. The van der Waals surface area contributed by atoms with Gasteiger partial charge in [-0.1, -0.05) is 15.9 Å². The van der Waals surface area contributed by atoms with Crippen LogP contribution in [0.15, 0.2) is 22.7 Å². The van der Waals surface area contributed by atoms with Crippen LogP contribution in [0.25, 0.3) is 0 Å². The first-order chi connectivity index (χ1) is 7.19. The molecule has 2 N–H and O–H groups in total. The molecule has 80 valence electrons. The number of rotatable bonds is 1. The van der Waals surface area contributed by atoms with Gasteiger partial charge in [0.15, 0.2) is 0 Å². The molecule has 2 aliphatic heterocycles. The molecule has 4 heteroatoms. The van der Waals surface area contributed by atoms with Gasteiger partial charge in [-0.2, -0.15) is 0 Å². The molecule has 15 heavy (non-hydrogen) atoms. The number of anilines is 2. The molecule has 1 aromatic rings. The molecule has 0 atom stereocenters. The summed E-state index contributed by atoms with van der Waals surface area (Å²) in [4.78, 5) is 2.32. The van der Waals surface area contributed by atoms with Crippen LogP contribution >= 0.6 is 15.9 Å². The molecule has 0 bridgehead atoms. The first-order valence-corrected chi connectivity index (χ1v) is 5.86. The lowest BCUT2D eigenvalue weighted by molar-refractivity contribution is -0.126. The van der Waals surface area contributed by atoms with E-state index in [-0.39, 0.29) is 0 Å². The Hall–Kier alpha value is -0.740. The number of ether oxygens (including phenoxy) is 1. The summed E-state index contributed by atoms with van der Waals surface area (Å²) < 4.78 is 6.28. The Morgan fingerprint density at radius 3 is 2.60 bits per heavy atom. The molecule has 0 unspecified atom stereocenters. The third-order valence-corrected chi connectivity index (χ3v) is 3.69. The molecule has 0 radical (unpaired) electrons. The lowest BCUT2D eigenvalue weighted by Gasteiger charge is -2.56. The number of hydrogen-bond acceptors (Lipinski definition) is 3. The Kier molecular flexibility index (Phi) is 1.97. The second-order valence-electron chi connectivity index (χ2n) is 4.55. The maximum absolute atomic E-state index is 5.98. The van der Waals surface area contributed by atoms with E-state index in [9.17, 15) is 0 Å². The molecule has 0 aromatic heterocycles. The van der Waals surface area contributed by atoms with E-state index in [1.54, 1.807) is 0 Å². The Morgan fingerprint density at radius 2 is 2.07 bits per heavy atom. The van der Waals surface area contributed by atoms with Crippen molar-refractivity contribution in [1.82, 2.24) is 0 Å². The van der Waals surface area contributed by atoms with Gasteiger partial charge in [-0.3, -0.25) is 0 Å². The maximum atomic E-state index is 5.98. The molecule has 1 aromatic carbocycles. The predicted octanol–water partition coefficient (Wildman–Crippen LogP) is 1.87. The Morgan fingerprint density at radius 1 is 1.33 bits per heavy atom. The average molecular weight is 269 g/mol. The van der Waals surface area contributed by atoms with Crippen molar-refractivity contribution in [3.8, 4) is 0 Å². The fourth-order valence-corrected chi connectivity index (χ4v) is 2.70. The van der Waals surface area contributed by atoms with E-state index in [1.165, 1.54) is 0 Å². The standard InChI is InChI=1S/C11H13BrN2O/c12-8-1-2-10(9(13)3-8)14-4-11(5-14)6-15-7-11/h1-3H,4-7,13H2. The number of nitrogens with zero attached hydrogens (tertiary/aromatic N) is 1. The van der Waals surface area contributed by atoms with Crippen molar-refractivity contribution in [2.75, 3.05) is 36.9 Å². The zero-order valence-corrected chi connectivity index (χ0v) is 9.96. The molecule has 2 saturated heterocycles. The van der Waals surface area contributed by atoms with E-state index in [0.717, 1.165) is 42.2 Å². The van der Waals surface area contributed by atoms with Gasteiger partial charge >= 0.3 is 0 Å². The van der Waals surface area contributed by atoms with Crippen molar-refractivity contribution in [3.05, 3.63) is 22.7 Å². The highest BCUT2D eigenvalue weighted by atomic mass is 79.9. The highest BCUT2D eigenvalue weighted by Gasteiger charge is 2.49. The first-order valence-electron chi connectivity index (χ1n) is 5.06. The number of nitrogens with two attached hydrogens (primary N) is 1. The number of hydrogen-bond donors (Lipinski definition) is 1. The van der Waals surface area contributed by atoms with E-state index in [2.05, 4.69) is 26.9 Å². The molecule has 2 aliphatic rings. The fraction of sp³-hybridized carbons (Fsp3) is 0.455. The molecule has 3 rings (SSSR count). The number of halogens is 1. The van der Waals surface area contributed by atoms with Gasteiger partial charge in [0.25, 0.3) is 0 Å². The number of nitrogen functional groups attached to an aromatic ring is 1. The molecular formula is C11H13BrN2O. The molecule has 0 aliphatic carbocycles. The molecule has 3 nitrogen and oxygen atoms in total. The van der Waals surface area contributed by atoms with Crippen molar-refractivity contribution in [1.29, 1.82) is 0 Å². The summed E-state index contributed by atoms with van der Waals surface area (Å²) in [5.74, 6) is 0. The van der Waals surface area contributed by atoms with Crippen LogP contribution in [0.4, 0.5) is 11.4 Å². The van der Waals surface area contributed by atoms with Gasteiger partial charge in [0.1, 0.15) is 0 Å². The van der Waals surface area contributed by atoms with Crippen LogP contribution in [-0.4, -0.2) is 26.3 Å². The first kappa shape index (κ1) is 9.48. The van der Waals surface area contributed by atoms with E-state index in [1.807, 2.05) is 12.1 Å². The van der Waals surface area contributed by atoms with Crippen molar-refractivity contribution in [2.24, 2.45) is 5.41 Å². The summed E-state index contributed by atoms with van der Waals surface area (Å²) in [6, 6.07) is 6.07. The van der Waals surface area contributed by atoms with E-state index in [0.29, 0.717) is 5.41 Å². The minimum Gasteiger partial charge on any atom is -0.397 e. The summed E-state index contributed by atoms with van der Waals surface area (Å²) in [5.41, 5.74) is 8.42. The minimum atomic E-state index is 0.444. The average Bonchev–Trinajstić information content (AvgIpc) is 2.03. The summed E-state index contributed by atoms with van der Waals surface area (Å²) in [6.45, 7) is 4.00. The van der Waals surface area contributed by atoms with Gasteiger partial charge in [-0.25, -0.2) is 0 Å². The summed E-state index contributed by atoms with van der Waals surface area (Å²) in [5, 5.41) is 0. The smallest absolute Gasteiger partial charge is 0.0601 e. The molecular weight excluding hydrogens is 256 g/mol. The van der Waals surface area contributed by atoms with Crippen LogP contribution < -0.4 is 10.6 Å². The van der Waals surface area contributed by atoms with E-state index < -0.39 is 0 Å². The summed E-state index contributed by atoms with van der Waals surface area (Å²) >= 11 is 3.41. The summed E-state index contributed by atoms with van der Waals surface area (Å²) in [7, 11) is 0. The van der Waals surface area contributed by atoms with E-state index in [4.69, 9.17) is 10.5 Å². The van der Waals surface area contributed by atoms with Crippen LogP contribution in [0.2, 0.25) is 0 Å². The van der Waals surface area contributed by atoms with Crippen molar-refractivity contribution in [2.45, 2.75) is 0 Å². The maximum Gasteiger partial charge on any atom is 0.0601 e. The number of benzene rings is 1.